The second-order valence-electron chi connectivity index (χ2n) is 6.08. The maximum absolute atomic E-state index is 12.3. The van der Waals surface area contributed by atoms with Crippen LogP contribution in [0.3, 0.4) is 0 Å². The number of sulfonamides is 1. The molecule has 2 amide bonds. The van der Waals surface area contributed by atoms with Gasteiger partial charge in [0.25, 0.3) is 11.8 Å². The molecule has 0 unspecified atom stereocenters. The number of hydrogen-bond acceptors (Lipinski definition) is 6. The first kappa shape index (κ1) is 22.0. The van der Waals surface area contributed by atoms with Crippen LogP contribution in [0.15, 0.2) is 42.5 Å². The summed E-state index contributed by atoms with van der Waals surface area (Å²) in [7, 11) is -2.00. The highest BCUT2D eigenvalue weighted by Crippen LogP contribution is 2.28. The number of benzene rings is 2. The standard InChI is InChI=1S/C19H23N3O6S/c1-4-10-28-16-9-8-14(12-17(16)27-2)19(24)21-20-18(23)13-6-5-7-15(11-13)22-29(3,25)26/h5-9,11-12,22H,4,10H2,1-3H3,(H,20,23)(H,21,24). The Morgan fingerprint density at radius 2 is 1.62 bits per heavy atom. The molecule has 0 spiro atoms. The fraction of sp³-hybridized carbons (Fsp3) is 0.263. The first-order chi connectivity index (χ1) is 13.7. The van der Waals surface area contributed by atoms with Crippen molar-refractivity contribution in [3.63, 3.8) is 0 Å². The van der Waals surface area contributed by atoms with Crippen molar-refractivity contribution < 1.29 is 27.5 Å². The molecule has 0 heterocycles. The number of rotatable bonds is 8. The Balaban J connectivity index is 2.03. The van der Waals surface area contributed by atoms with Gasteiger partial charge in [-0.1, -0.05) is 13.0 Å². The van der Waals surface area contributed by atoms with Crippen molar-refractivity contribution in [3.05, 3.63) is 53.6 Å². The van der Waals surface area contributed by atoms with Gasteiger partial charge in [-0.05, 0) is 42.8 Å². The third-order valence-electron chi connectivity index (χ3n) is 3.61. The zero-order valence-corrected chi connectivity index (χ0v) is 17.1. The van der Waals surface area contributed by atoms with Crippen LogP contribution in [0.4, 0.5) is 5.69 Å². The second-order valence-corrected chi connectivity index (χ2v) is 7.83. The van der Waals surface area contributed by atoms with E-state index in [1.807, 2.05) is 6.92 Å². The van der Waals surface area contributed by atoms with Crippen LogP contribution in [0, 0.1) is 0 Å². The minimum absolute atomic E-state index is 0.167. The predicted molar refractivity (Wildman–Crippen MR) is 109 cm³/mol. The van der Waals surface area contributed by atoms with Crippen LogP contribution in [0.2, 0.25) is 0 Å². The maximum atomic E-state index is 12.3. The Labute approximate surface area is 169 Å². The fourth-order valence-electron chi connectivity index (χ4n) is 2.34. The van der Waals surface area contributed by atoms with Gasteiger partial charge in [-0.3, -0.25) is 25.2 Å². The molecule has 156 valence electrons. The quantitative estimate of drug-likeness (QED) is 0.560. The summed E-state index contributed by atoms with van der Waals surface area (Å²) in [5.74, 6) is -0.239. The average Bonchev–Trinajstić information content (AvgIpc) is 2.68. The molecule has 0 fully saturated rings. The smallest absolute Gasteiger partial charge is 0.269 e. The Kier molecular flexibility index (Phi) is 7.43. The summed E-state index contributed by atoms with van der Waals surface area (Å²) in [4.78, 5) is 24.6. The van der Waals surface area contributed by atoms with E-state index in [9.17, 15) is 18.0 Å². The van der Waals surface area contributed by atoms with Gasteiger partial charge in [0.1, 0.15) is 0 Å². The highest BCUT2D eigenvalue weighted by molar-refractivity contribution is 7.92. The van der Waals surface area contributed by atoms with Crippen LogP contribution in [0.5, 0.6) is 11.5 Å². The van der Waals surface area contributed by atoms with Gasteiger partial charge in [0.2, 0.25) is 10.0 Å². The van der Waals surface area contributed by atoms with Crippen LogP contribution in [-0.4, -0.2) is 40.2 Å². The Hall–Kier alpha value is -3.27. The van der Waals surface area contributed by atoms with E-state index in [2.05, 4.69) is 15.6 Å². The monoisotopic (exact) mass is 421 g/mol. The molecule has 0 aliphatic rings. The SMILES string of the molecule is CCCOc1ccc(C(=O)NNC(=O)c2cccc(NS(C)(=O)=O)c2)cc1OC. The van der Waals surface area contributed by atoms with Crippen LogP contribution in [0.25, 0.3) is 0 Å². The normalized spacial score (nSPS) is 10.7. The maximum Gasteiger partial charge on any atom is 0.269 e. The molecule has 0 atom stereocenters. The summed E-state index contributed by atoms with van der Waals surface area (Å²) in [6.07, 6.45) is 1.84. The van der Waals surface area contributed by atoms with Gasteiger partial charge in [0.05, 0.1) is 20.0 Å². The van der Waals surface area contributed by atoms with Gasteiger partial charge >= 0.3 is 0 Å². The molecule has 2 aromatic carbocycles. The molecule has 0 aliphatic heterocycles. The topological polar surface area (TPSA) is 123 Å². The van der Waals surface area contributed by atoms with E-state index in [0.717, 1.165) is 12.7 Å². The lowest BCUT2D eigenvalue weighted by Gasteiger charge is -2.12. The van der Waals surface area contributed by atoms with E-state index in [-0.39, 0.29) is 16.8 Å². The molecular formula is C19H23N3O6S. The summed E-state index contributed by atoms with van der Waals surface area (Å²) in [6, 6.07) is 10.5. The van der Waals surface area contributed by atoms with Gasteiger partial charge < -0.3 is 9.47 Å². The first-order valence-corrected chi connectivity index (χ1v) is 10.6. The van der Waals surface area contributed by atoms with Crippen molar-refractivity contribution in [1.82, 2.24) is 10.9 Å². The molecule has 0 radical (unpaired) electrons. The minimum atomic E-state index is -3.47. The zero-order chi connectivity index (χ0) is 21.4. The van der Waals surface area contributed by atoms with Crippen LogP contribution < -0.4 is 25.0 Å². The fourth-order valence-corrected chi connectivity index (χ4v) is 2.89. The average molecular weight is 421 g/mol. The molecule has 0 aromatic heterocycles. The van der Waals surface area contributed by atoms with Crippen LogP contribution in [0.1, 0.15) is 34.1 Å². The molecule has 0 bridgehead atoms. The van der Waals surface area contributed by atoms with E-state index in [1.54, 1.807) is 12.1 Å². The summed E-state index contributed by atoms with van der Waals surface area (Å²) < 4.78 is 35.7. The molecule has 0 saturated heterocycles. The van der Waals surface area contributed by atoms with E-state index in [1.165, 1.54) is 37.4 Å². The predicted octanol–water partition coefficient (Wildman–Crippen LogP) is 1.93. The van der Waals surface area contributed by atoms with E-state index in [4.69, 9.17) is 9.47 Å². The number of ether oxygens (including phenoxy) is 2. The van der Waals surface area contributed by atoms with Crippen LogP contribution in [-0.2, 0) is 10.0 Å². The third kappa shape index (κ3) is 6.68. The summed E-state index contributed by atoms with van der Waals surface area (Å²) in [5.41, 5.74) is 5.26. The lowest BCUT2D eigenvalue weighted by atomic mass is 10.2. The number of carbonyl (C=O) groups is 2. The van der Waals surface area contributed by atoms with Crippen molar-refractivity contribution in [2.45, 2.75) is 13.3 Å². The molecule has 10 heteroatoms. The van der Waals surface area contributed by atoms with Crippen molar-refractivity contribution in [2.24, 2.45) is 0 Å². The van der Waals surface area contributed by atoms with Gasteiger partial charge in [-0.15, -0.1) is 0 Å². The minimum Gasteiger partial charge on any atom is -0.493 e. The molecule has 29 heavy (non-hydrogen) atoms. The molecule has 9 nitrogen and oxygen atoms in total. The summed E-state index contributed by atoms with van der Waals surface area (Å²) in [5, 5.41) is 0. The number of hydrazine groups is 1. The number of amides is 2. The van der Waals surface area contributed by atoms with Crippen molar-refractivity contribution in [2.75, 3.05) is 24.7 Å². The summed E-state index contributed by atoms with van der Waals surface area (Å²) in [6.45, 7) is 2.50. The van der Waals surface area contributed by atoms with E-state index in [0.29, 0.717) is 18.1 Å². The molecule has 2 aromatic rings. The largest absolute Gasteiger partial charge is 0.493 e. The van der Waals surface area contributed by atoms with Gasteiger partial charge in [0, 0.05) is 16.8 Å². The number of carbonyl (C=O) groups excluding carboxylic acids is 2. The van der Waals surface area contributed by atoms with Crippen LogP contribution >= 0.6 is 0 Å². The van der Waals surface area contributed by atoms with Crippen molar-refractivity contribution in [1.29, 1.82) is 0 Å². The van der Waals surface area contributed by atoms with Gasteiger partial charge in [-0.25, -0.2) is 8.42 Å². The number of hydrogen-bond donors (Lipinski definition) is 3. The number of methoxy groups -OCH3 is 1. The Morgan fingerprint density at radius 3 is 2.21 bits per heavy atom. The van der Waals surface area contributed by atoms with Gasteiger partial charge in [-0.2, -0.15) is 0 Å². The lowest BCUT2D eigenvalue weighted by molar-refractivity contribution is 0.0846. The van der Waals surface area contributed by atoms with E-state index >= 15 is 0 Å². The van der Waals surface area contributed by atoms with E-state index < -0.39 is 21.8 Å². The Morgan fingerprint density at radius 1 is 0.966 bits per heavy atom. The van der Waals surface area contributed by atoms with Gasteiger partial charge in [0.15, 0.2) is 11.5 Å². The highest BCUT2D eigenvalue weighted by atomic mass is 32.2. The summed E-state index contributed by atoms with van der Waals surface area (Å²) >= 11 is 0. The molecular weight excluding hydrogens is 398 g/mol. The molecule has 2 rings (SSSR count). The second kappa shape index (κ2) is 9.78. The molecule has 3 N–H and O–H groups in total. The zero-order valence-electron chi connectivity index (χ0n) is 16.3. The molecule has 0 saturated carbocycles. The lowest BCUT2D eigenvalue weighted by Crippen LogP contribution is -2.41. The molecule has 0 aliphatic carbocycles. The van der Waals surface area contributed by atoms with Crippen molar-refractivity contribution >= 4 is 27.5 Å². The highest BCUT2D eigenvalue weighted by Gasteiger charge is 2.13. The third-order valence-corrected chi connectivity index (χ3v) is 4.21. The Bertz CT molecular complexity index is 991. The van der Waals surface area contributed by atoms with Crippen molar-refractivity contribution in [3.8, 4) is 11.5 Å². The number of anilines is 1. The first-order valence-electron chi connectivity index (χ1n) is 8.73. The number of nitrogens with one attached hydrogen (secondary N) is 3.